The Bertz CT molecular complexity index is 1260. The van der Waals surface area contributed by atoms with Crippen molar-refractivity contribution in [3.05, 3.63) is 78.0 Å². The molecule has 1 aromatic carbocycles. The van der Waals surface area contributed by atoms with Gasteiger partial charge in [0.05, 0.1) is 31.5 Å². The summed E-state index contributed by atoms with van der Waals surface area (Å²) in [6.45, 7) is 12.7. The van der Waals surface area contributed by atoms with Crippen molar-refractivity contribution in [1.29, 1.82) is 0 Å². The predicted molar refractivity (Wildman–Crippen MR) is 132 cm³/mol. The highest BCUT2D eigenvalue weighted by Crippen LogP contribution is 2.33. The molecular weight excluding hydrogens is 412 g/mol. The van der Waals surface area contributed by atoms with Crippen LogP contribution in [0.25, 0.3) is 16.7 Å². The Hall–Kier alpha value is -3.45. The molecule has 170 valence electrons. The number of anilines is 1. The first-order valence-corrected chi connectivity index (χ1v) is 11.4. The molecule has 2 aliphatic heterocycles. The van der Waals surface area contributed by atoms with Crippen LogP contribution >= 0.6 is 0 Å². The highest BCUT2D eigenvalue weighted by Gasteiger charge is 2.26. The quantitative estimate of drug-likeness (QED) is 0.597. The second-order valence-corrected chi connectivity index (χ2v) is 8.86. The molecule has 1 fully saturated rings. The average Bonchev–Trinajstić information content (AvgIpc) is 3.21. The van der Waals surface area contributed by atoms with Crippen LogP contribution in [-0.2, 0) is 4.74 Å². The number of imidazole rings is 1. The van der Waals surface area contributed by atoms with Gasteiger partial charge in [0.25, 0.3) is 0 Å². The van der Waals surface area contributed by atoms with Gasteiger partial charge < -0.3 is 19.1 Å². The molecule has 2 aromatic heterocycles. The van der Waals surface area contributed by atoms with Gasteiger partial charge in [-0.2, -0.15) is 4.98 Å². The number of allylic oxidation sites excluding steroid dienone is 3. The first-order valence-electron chi connectivity index (χ1n) is 11.4. The molecule has 7 nitrogen and oxygen atoms in total. The van der Waals surface area contributed by atoms with Gasteiger partial charge in [0, 0.05) is 31.1 Å². The number of hydrogen-bond acceptors (Lipinski definition) is 6. The summed E-state index contributed by atoms with van der Waals surface area (Å²) in [5.41, 5.74) is 5.97. The highest BCUT2D eigenvalue weighted by molar-refractivity contribution is 5.81. The lowest BCUT2D eigenvalue weighted by Crippen LogP contribution is -2.44. The smallest absolute Gasteiger partial charge is 0.227 e. The second kappa shape index (κ2) is 8.48. The van der Waals surface area contributed by atoms with Crippen LogP contribution < -0.4 is 4.90 Å². The number of likely N-dealkylation sites (N-methyl/N-ethyl adjacent to an activating group) is 1. The van der Waals surface area contributed by atoms with Crippen molar-refractivity contribution in [1.82, 2.24) is 24.4 Å². The van der Waals surface area contributed by atoms with E-state index >= 15 is 0 Å². The van der Waals surface area contributed by atoms with Crippen molar-refractivity contribution in [2.45, 2.75) is 32.9 Å². The van der Waals surface area contributed by atoms with Crippen LogP contribution in [0.15, 0.2) is 66.7 Å². The number of fused-ring (bicyclic) bond motifs is 1. The maximum Gasteiger partial charge on any atom is 0.227 e. The fourth-order valence-corrected chi connectivity index (χ4v) is 4.54. The minimum Gasteiger partial charge on any atom is -0.377 e. The van der Waals surface area contributed by atoms with Gasteiger partial charge in [0.15, 0.2) is 5.65 Å². The third kappa shape index (κ3) is 3.82. The number of morpholine rings is 1. The van der Waals surface area contributed by atoms with Crippen molar-refractivity contribution in [3.8, 4) is 0 Å². The summed E-state index contributed by atoms with van der Waals surface area (Å²) in [5.74, 6) is 1.60. The molecule has 0 aliphatic carbocycles. The first kappa shape index (κ1) is 21.4. The van der Waals surface area contributed by atoms with Crippen molar-refractivity contribution in [2.75, 3.05) is 31.7 Å². The van der Waals surface area contributed by atoms with Gasteiger partial charge in [-0.1, -0.05) is 36.9 Å². The molecular formula is C26H30N6O. The summed E-state index contributed by atoms with van der Waals surface area (Å²) < 4.78 is 7.85. The number of hydrogen-bond donors (Lipinski definition) is 0. The van der Waals surface area contributed by atoms with Crippen LogP contribution in [0, 0.1) is 0 Å². The molecule has 0 radical (unpaired) electrons. The van der Waals surface area contributed by atoms with Crippen LogP contribution in [-0.4, -0.2) is 57.3 Å². The Morgan fingerprint density at radius 3 is 2.70 bits per heavy atom. The van der Waals surface area contributed by atoms with E-state index in [0.717, 1.165) is 46.3 Å². The van der Waals surface area contributed by atoms with E-state index in [1.54, 1.807) is 0 Å². The largest absolute Gasteiger partial charge is 0.377 e. The fourth-order valence-electron chi connectivity index (χ4n) is 4.54. The maximum atomic E-state index is 5.61. The van der Waals surface area contributed by atoms with Crippen molar-refractivity contribution in [3.63, 3.8) is 0 Å². The molecule has 5 rings (SSSR count). The summed E-state index contributed by atoms with van der Waals surface area (Å²) >= 11 is 0. The monoisotopic (exact) mass is 442 g/mol. The zero-order valence-corrected chi connectivity index (χ0v) is 19.7. The van der Waals surface area contributed by atoms with Gasteiger partial charge >= 0.3 is 0 Å². The number of ether oxygens (including phenoxy) is 1. The van der Waals surface area contributed by atoms with Crippen molar-refractivity contribution in [2.24, 2.45) is 0 Å². The molecule has 0 amide bonds. The van der Waals surface area contributed by atoms with Gasteiger partial charge in [-0.25, -0.2) is 9.97 Å². The van der Waals surface area contributed by atoms with E-state index in [2.05, 4.69) is 78.3 Å². The van der Waals surface area contributed by atoms with Crippen molar-refractivity contribution < 1.29 is 4.74 Å². The van der Waals surface area contributed by atoms with Crippen LogP contribution in [0.4, 0.5) is 5.95 Å². The minimum atomic E-state index is 0.0427. The second-order valence-electron chi connectivity index (χ2n) is 8.86. The van der Waals surface area contributed by atoms with E-state index in [4.69, 9.17) is 14.7 Å². The summed E-state index contributed by atoms with van der Waals surface area (Å²) in [6, 6.07) is 10.8. The molecule has 33 heavy (non-hydrogen) atoms. The van der Waals surface area contributed by atoms with E-state index in [-0.39, 0.29) is 12.1 Å². The summed E-state index contributed by atoms with van der Waals surface area (Å²) in [7, 11) is 2.02. The zero-order chi connectivity index (χ0) is 23.1. The number of aromatic nitrogens is 4. The molecule has 1 saturated heterocycles. The molecule has 3 aromatic rings. The van der Waals surface area contributed by atoms with Crippen LogP contribution in [0.5, 0.6) is 0 Å². The van der Waals surface area contributed by atoms with Crippen LogP contribution in [0.2, 0.25) is 0 Å². The number of rotatable bonds is 4. The average molecular weight is 443 g/mol. The Morgan fingerprint density at radius 1 is 1.18 bits per heavy atom. The molecule has 2 atom stereocenters. The molecule has 0 N–H and O–H groups in total. The first-order chi connectivity index (χ1) is 15.9. The third-order valence-electron chi connectivity index (χ3n) is 6.56. The van der Waals surface area contributed by atoms with Gasteiger partial charge in [-0.3, -0.25) is 0 Å². The summed E-state index contributed by atoms with van der Waals surface area (Å²) in [6.07, 6.45) is 6.08. The van der Waals surface area contributed by atoms with E-state index < -0.39 is 0 Å². The van der Waals surface area contributed by atoms with E-state index in [1.165, 1.54) is 5.56 Å². The van der Waals surface area contributed by atoms with Crippen LogP contribution in [0.3, 0.4) is 0 Å². The molecule has 4 heterocycles. The van der Waals surface area contributed by atoms with Gasteiger partial charge in [-0.15, -0.1) is 0 Å². The topological polar surface area (TPSA) is 59.3 Å². The Morgan fingerprint density at radius 2 is 1.97 bits per heavy atom. The lowest BCUT2D eigenvalue weighted by atomic mass is 10.0. The molecule has 0 bridgehead atoms. The Labute approximate surface area is 194 Å². The SMILES string of the molecule is C=C1C(C)=CC(c2nc3cnc(N4CCOC[C@@H]4C)nc3n2[C@@H](C)c2ccccc2)=CN1C. The predicted octanol–water partition coefficient (Wildman–Crippen LogP) is 4.41. The molecule has 2 aliphatic rings. The molecule has 7 heteroatoms. The normalized spacial score (nSPS) is 20.1. The Kier molecular flexibility index (Phi) is 5.50. The van der Waals surface area contributed by atoms with E-state index in [0.29, 0.717) is 13.2 Å². The number of nitrogens with zero attached hydrogens (tertiary/aromatic N) is 6. The molecule has 0 saturated carbocycles. The third-order valence-corrected chi connectivity index (χ3v) is 6.56. The van der Waals surface area contributed by atoms with Crippen molar-refractivity contribution >= 4 is 22.7 Å². The van der Waals surface area contributed by atoms with Gasteiger partial charge in [0.1, 0.15) is 11.3 Å². The van der Waals surface area contributed by atoms with Crippen LogP contribution in [0.1, 0.15) is 38.2 Å². The maximum absolute atomic E-state index is 5.61. The fraction of sp³-hybridized carbons (Fsp3) is 0.346. The molecule has 0 spiro atoms. The van der Waals surface area contributed by atoms with E-state index in [1.807, 2.05) is 24.2 Å². The minimum absolute atomic E-state index is 0.0427. The number of benzene rings is 1. The van der Waals surface area contributed by atoms with Gasteiger partial charge in [0.2, 0.25) is 5.95 Å². The Balaban J connectivity index is 1.70. The standard InChI is InChI=1S/C26H30N6O/c1-17-13-22(15-30(5)19(17)3)24-28-23-14-27-26(31-11-12-33-16-18(31)2)29-25(23)32(24)20(4)21-9-7-6-8-10-21/h6-10,13-15,18,20H,3,11-12,16H2,1-2,4-5H3/t18-,20-/m0/s1. The van der Waals surface area contributed by atoms with Gasteiger partial charge in [-0.05, 0) is 38.0 Å². The van der Waals surface area contributed by atoms with E-state index in [9.17, 15) is 0 Å². The zero-order valence-electron chi connectivity index (χ0n) is 19.7. The lowest BCUT2D eigenvalue weighted by Gasteiger charge is -2.33. The summed E-state index contributed by atoms with van der Waals surface area (Å²) in [5, 5.41) is 0. The molecule has 0 unspecified atom stereocenters. The highest BCUT2D eigenvalue weighted by atomic mass is 16.5. The summed E-state index contributed by atoms with van der Waals surface area (Å²) in [4.78, 5) is 19.0. The lowest BCUT2D eigenvalue weighted by molar-refractivity contribution is 0.0981.